The second kappa shape index (κ2) is 13.1. The molecule has 2 aliphatic heterocycles. The maximum absolute atomic E-state index is 14.2. The first-order valence-electron chi connectivity index (χ1n) is 14.6. The first-order chi connectivity index (χ1) is 19.1. The van der Waals surface area contributed by atoms with E-state index >= 15 is 0 Å². The van der Waals surface area contributed by atoms with E-state index in [4.69, 9.17) is 9.72 Å². The van der Waals surface area contributed by atoms with Crippen molar-refractivity contribution >= 4 is 17.6 Å². The fourth-order valence-corrected chi connectivity index (χ4v) is 5.50. The van der Waals surface area contributed by atoms with Gasteiger partial charge in [-0.3, -0.25) is 9.59 Å². The molecule has 2 N–H and O–H groups in total. The van der Waals surface area contributed by atoms with E-state index in [1.54, 1.807) is 13.3 Å². The van der Waals surface area contributed by atoms with Gasteiger partial charge in [-0.1, -0.05) is 58.9 Å². The molecule has 0 unspecified atom stereocenters. The molecular formula is C31H46N6O3. The van der Waals surface area contributed by atoms with E-state index in [0.29, 0.717) is 69.5 Å². The second-order valence-electron chi connectivity index (χ2n) is 12.5. The number of anilines is 1. The van der Waals surface area contributed by atoms with E-state index in [-0.39, 0.29) is 35.1 Å². The minimum Gasteiger partial charge on any atom is -0.385 e. The number of aromatic nitrogens is 2. The summed E-state index contributed by atoms with van der Waals surface area (Å²) in [6, 6.07) is 8.15. The molecule has 2 atom stereocenters. The van der Waals surface area contributed by atoms with E-state index in [2.05, 4.69) is 62.4 Å². The van der Waals surface area contributed by atoms with E-state index in [0.717, 1.165) is 6.42 Å². The number of nitrogens with one attached hydrogen (secondary N) is 2. The van der Waals surface area contributed by atoms with E-state index < -0.39 is 0 Å². The van der Waals surface area contributed by atoms with Crippen molar-refractivity contribution in [3.8, 4) is 0 Å². The second-order valence-corrected chi connectivity index (χ2v) is 12.5. The molecule has 1 aromatic heterocycles. The van der Waals surface area contributed by atoms with Gasteiger partial charge in [0.1, 0.15) is 17.2 Å². The van der Waals surface area contributed by atoms with Gasteiger partial charge in [-0.05, 0) is 29.9 Å². The van der Waals surface area contributed by atoms with Crippen LogP contribution in [0.2, 0.25) is 0 Å². The topological polar surface area (TPSA) is 99.7 Å². The van der Waals surface area contributed by atoms with Crippen LogP contribution in [0.25, 0.3) is 0 Å². The van der Waals surface area contributed by atoms with Crippen molar-refractivity contribution in [3.63, 3.8) is 0 Å². The summed E-state index contributed by atoms with van der Waals surface area (Å²) in [5.74, 6) is 1.38. The van der Waals surface area contributed by atoms with Gasteiger partial charge in [0, 0.05) is 70.6 Å². The Morgan fingerprint density at radius 3 is 2.50 bits per heavy atom. The van der Waals surface area contributed by atoms with Crippen molar-refractivity contribution in [1.82, 2.24) is 25.1 Å². The lowest BCUT2D eigenvalue weighted by atomic mass is 9.92. The van der Waals surface area contributed by atoms with Gasteiger partial charge >= 0.3 is 0 Å². The van der Waals surface area contributed by atoms with E-state index in [9.17, 15) is 9.59 Å². The molecule has 1 aromatic carbocycles. The average Bonchev–Trinajstić information content (AvgIpc) is 3.37. The summed E-state index contributed by atoms with van der Waals surface area (Å²) in [5, 5.41) is 6.83. The van der Waals surface area contributed by atoms with Crippen molar-refractivity contribution in [3.05, 3.63) is 53.0 Å². The number of amides is 2. The number of nitrogens with zero attached hydrogens (tertiary/aromatic N) is 4. The van der Waals surface area contributed by atoms with Crippen LogP contribution in [0.15, 0.2) is 30.5 Å². The van der Waals surface area contributed by atoms with Crippen molar-refractivity contribution in [1.29, 1.82) is 0 Å². The molecule has 3 heterocycles. The van der Waals surface area contributed by atoms with Crippen molar-refractivity contribution in [2.45, 2.75) is 72.0 Å². The molecule has 2 aromatic rings. The lowest BCUT2D eigenvalue weighted by Gasteiger charge is -2.39. The standard InChI is InChI=1S/C31H46N6O3/c1-21(2)18-37(29(39)26-17-34-30(31(3,4)5)35-27(26)33-12-9-13-40-6)25-14-24(15-32-16-25)28(38)36-19-22-10-7-8-11-23(22)20-36/h7-8,10-11,17,21,24-25,32H,9,12-16,18-20H2,1-6H3,(H,33,34,35)/t24-,25+/m1/s1. The summed E-state index contributed by atoms with van der Waals surface area (Å²) < 4.78 is 5.20. The van der Waals surface area contributed by atoms with Gasteiger partial charge in [-0.2, -0.15) is 0 Å². The first kappa shape index (κ1) is 29.9. The van der Waals surface area contributed by atoms with Gasteiger partial charge in [-0.25, -0.2) is 9.97 Å². The summed E-state index contributed by atoms with van der Waals surface area (Å²) in [6.45, 7) is 14.9. The quantitative estimate of drug-likeness (QED) is 0.434. The fraction of sp³-hybridized carbons (Fsp3) is 0.613. The van der Waals surface area contributed by atoms with Crippen LogP contribution in [0, 0.1) is 11.8 Å². The zero-order valence-corrected chi connectivity index (χ0v) is 25.0. The van der Waals surface area contributed by atoms with Gasteiger partial charge in [0.15, 0.2) is 0 Å². The maximum atomic E-state index is 14.2. The number of methoxy groups -OCH3 is 1. The molecule has 0 saturated carbocycles. The molecule has 2 aliphatic rings. The Morgan fingerprint density at radius 1 is 1.18 bits per heavy atom. The van der Waals surface area contributed by atoms with Gasteiger partial charge in [0.05, 0.1) is 5.92 Å². The van der Waals surface area contributed by atoms with Crippen LogP contribution < -0.4 is 10.6 Å². The molecule has 0 spiro atoms. The summed E-state index contributed by atoms with van der Waals surface area (Å²) in [6.07, 6.45) is 3.10. The summed E-state index contributed by atoms with van der Waals surface area (Å²) in [4.78, 5) is 41.1. The number of rotatable bonds is 10. The third-order valence-electron chi connectivity index (χ3n) is 7.60. The maximum Gasteiger partial charge on any atom is 0.259 e. The molecule has 40 heavy (non-hydrogen) atoms. The highest BCUT2D eigenvalue weighted by Gasteiger charge is 2.37. The molecule has 9 heteroatoms. The molecule has 0 bridgehead atoms. The predicted octanol–water partition coefficient (Wildman–Crippen LogP) is 3.84. The monoisotopic (exact) mass is 550 g/mol. The normalized spacial score (nSPS) is 19.0. The van der Waals surface area contributed by atoms with Crippen molar-refractivity contribution in [2.24, 2.45) is 11.8 Å². The van der Waals surface area contributed by atoms with Crippen LogP contribution >= 0.6 is 0 Å². The molecule has 218 valence electrons. The number of carbonyl (C=O) groups excluding carboxylic acids is 2. The number of hydrogen-bond donors (Lipinski definition) is 2. The van der Waals surface area contributed by atoms with Crippen LogP contribution in [-0.2, 0) is 28.0 Å². The van der Waals surface area contributed by atoms with Crippen LogP contribution in [0.1, 0.15) is 74.8 Å². The fourth-order valence-electron chi connectivity index (χ4n) is 5.50. The molecule has 1 fully saturated rings. The summed E-state index contributed by atoms with van der Waals surface area (Å²) in [7, 11) is 1.68. The van der Waals surface area contributed by atoms with Gasteiger partial charge in [0.25, 0.3) is 5.91 Å². The third-order valence-corrected chi connectivity index (χ3v) is 7.60. The Balaban J connectivity index is 1.54. The molecule has 2 amide bonds. The zero-order chi connectivity index (χ0) is 28.9. The number of fused-ring (bicyclic) bond motifs is 1. The highest BCUT2D eigenvalue weighted by Crippen LogP contribution is 2.28. The molecule has 1 saturated heterocycles. The Kier molecular flexibility index (Phi) is 9.79. The van der Waals surface area contributed by atoms with Crippen molar-refractivity contribution in [2.75, 3.05) is 45.2 Å². The summed E-state index contributed by atoms with van der Waals surface area (Å²) in [5.41, 5.74) is 2.65. The Hall–Kier alpha value is -3.04. The minimum absolute atomic E-state index is 0.100. The van der Waals surface area contributed by atoms with Gasteiger partial charge < -0.3 is 25.2 Å². The predicted molar refractivity (Wildman–Crippen MR) is 157 cm³/mol. The average molecular weight is 551 g/mol. The van der Waals surface area contributed by atoms with Gasteiger partial charge in [-0.15, -0.1) is 0 Å². The van der Waals surface area contributed by atoms with Crippen LogP contribution in [0.5, 0.6) is 0 Å². The molecule has 9 nitrogen and oxygen atoms in total. The third kappa shape index (κ3) is 7.18. The highest BCUT2D eigenvalue weighted by atomic mass is 16.5. The van der Waals surface area contributed by atoms with Crippen LogP contribution in [0.3, 0.4) is 0 Å². The Bertz CT molecular complexity index is 1150. The van der Waals surface area contributed by atoms with Crippen LogP contribution in [0.4, 0.5) is 5.82 Å². The molecule has 4 rings (SSSR count). The largest absolute Gasteiger partial charge is 0.385 e. The van der Waals surface area contributed by atoms with E-state index in [1.807, 2.05) is 21.9 Å². The molecule has 0 aliphatic carbocycles. The molecular weight excluding hydrogens is 504 g/mol. The minimum atomic E-state index is -0.252. The number of benzene rings is 1. The number of carbonyl (C=O) groups is 2. The summed E-state index contributed by atoms with van der Waals surface area (Å²) >= 11 is 0. The smallest absolute Gasteiger partial charge is 0.259 e. The number of ether oxygens (including phenoxy) is 1. The van der Waals surface area contributed by atoms with Gasteiger partial charge in [0.2, 0.25) is 5.91 Å². The van der Waals surface area contributed by atoms with Crippen LogP contribution in [-0.4, -0.2) is 77.5 Å². The van der Waals surface area contributed by atoms with E-state index in [1.165, 1.54) is 11.1 Å². The number of piperidine rings is 1. The number of hydrogen-bond acceptors (Lipinski definition) is 7. The lowest BCUT2D eigenvalue weighted by Crippen LogP contribution is -2.54. The Labute approximate surface area is 239 Å². The zero-order valence-electron chi connectivity index (χ0n) is 25.0. The highest BCUT2D eigenvalue weighted by molar-refractivity contribution is 5.98. The first-order valence-corrected chi connectivity index (χ1v) is 14.6. The molecule has 0 radical (unpaired) electrons. The SMILES string of the molecule is COCCCNc1nc(C(C)(C)C)ncc1C(=O)N(CC(C)C)[C@@H]1CNC[C@H](C(=O)N2Cc3ccccc3C2)C1. The Morgan fingerprint density at radius 2 is 1.88 bits per heavy atom. The lowest BCUT2D eigenvalue weighted by molar-refractivity contribution is -0.137. The van der Waals surface area contributed by atoms with Crippen molar-refractivity contribution < 1.29 is 14.3 Å².